The van der Waals surface area contributed by atoms with E-state index in [4.69, 9.17) is 0 Å². The lowest BCUT2D eigenvalue weighted by Gasteiger charge is -2.37. The third-order valence-electron chi connectivity index (χ3n) is 4.15. The molecule has 1 N–H and O–H groups in total. The summed E-state index contributed by atoms with van der Waals surface area (Å²) in [6.45, 7) is 12.8. The van der Waals surface area contributed by atoms with Crippen molar-refractivity contribution in [3.63, 3.8) is 0 Å². The van der Waals surface area contributed by atoms with Crippen LogP contribution in [0, 0.1) is 11.3 Å². The molecule has 0 spiro atoms. The second-order valence-electron chi connectivity index (χ2n) is 6.70. The summed E-state index contributed by atoms with van der Waals surface area (Å²) < 4.78 is 0. The van der Waals surface area contributed by atoms with Crippen LogP contribution in [0.2, 0.25) is 0 Å². The van der Waals surface area contributed by atoms with Gasteiger partial charge in [0, 0.05) is 12.1 Å². The molecule has 0 bridgehead atoms. The zero-order valence-electron chi connectivity index (χ0n) is 12.0. The molecule has 1 rings (SSSR count). The number of rotatable bonds is 7. The Bertz CT molecular complexity index is 200. The van der Waals surface area contributed by atoms with Crippen molar-refractivity contribution in [3.8, 4) is 0 Å². The predicted octanol–water partition coefficient (Wildman–Crippen LogP) is 4.37. The molecule has 1 aliphatic rings. The fourth-order valence-corrected chi connectivity index (χ4v) is 2.69. The van der Waals surface area contributed by atoms with Crippen LogP contribution in [0.5, 0.6) is 0 Å². The molecule has 96 valence electrons. The summed E-state index contributed by atoms with van der Waals surface area (Å²) in [5.74, 6) is 1.01. The molecule has 1 nitrogen and oxygen atoms in total. The molecule has 0 radical (unpaired) electrons. The first-order valence-corrected chi connectivity index (χ1v) is 7.18. The van der Waals surface area contributed by atoms with E-state index in [9.17, 15) is 0 Å². The van der Waals surface area contributed by atoms with Gasteiger partial charge in [-0.05, 0) is 57.8 Å². The normalized spacial score (nSPS) is 20.8. The van der Waals surface area contributed by atoms with Gasteiger partial charge >= 0.3 is 0 Å². The Morgan fingerprint density at radius 1 is 1.12 bits per heavy atom. The Morgan fingerprint density at radius 2 is 1.75 bits per heavy atom. The van der Waals surface area contributed by atoms with Gasteiger partial charge in [0.25, 0.3) is 0 Å². The van der Waals surface area contributed by atoms with Gasteiger partial charge in [0.05, 0.1) is 0 Å². The molecule has 1 heteroatoms. The number of nitrogens with one attached hydrogen (secondary N) is 1. The molecule has 0 aromatic rings. The van der Waals surface area contributed by atoms with Gasteiger partial charge in [-0.3, -0.25) is 0 Å². The Kier molecular flexibility index (Phi) is 4.85. The maximum atomic E-state index is 3.74. The minimum Gasteiger partial charge on any atom is -0.312 e. The highest BCUT2D eigenvalue weighted by molar-refractivity contribution is 4.95. The van der Waals surface area contributed by atoms with Crippen LogP contribution in [0.15, 0.2) is 0 Å². The Balaban J connectivity index is 2.54. The highest BCUT2D eigenvalue weighted by atomic mass is 15.0. The Morgan fingerprint density at radius 3 is 2.12 bits per heavy atom. The average molecular weight is 225 g/mol. The lowest BCUT2D eigenvalue weighted by molar-refractivity contribution is 0.174. The van der Waals surface area contributed by atoms with Gasteiger partial charge in [-0.15, -0.1) is 0 Å². The van der Waals surface area contributed by atoms with Crippen molar-refractivity contribution in [3.05, 3.63) is 0 Å². The molecule has 0 aromatic carbocycles. The van der Waals surface area contributed by atoms with Crippen LogP contribution in [0.25, 0.3) is 0 Å². The quantitative estimate of drug-likeness (QED) is 0.678. The van der Waals surface area contributed by atoms with Gasteiger partial charge in [0.15, 0.2) is 0 Å². The summed E-state index contributed by atoms with van der Waals surface area (Å²) in [4.78, 5) is 0. The van der Waals surface area contributed by atoms with Crippen molar-refractivity contribution < 1.29 is 0 Å². The molecule has 1 aliphatic carbocycles. The lowest BCUT2D eigenvalue weighted by Crippen LogP contribution is -2.44. The van der Waals surface area contributed by atoms with Gasteiger partial charge in [0.2, 0.25) is 0 Å². The number of hydrogen-bond acceptors (Lipinski definition) is 1. The second-order valence-corrected chi connectivity index (χ2v) is 6.70. The monoisotopic (exact) mass is 225 g/mol. The van der Waals surface area contributed by atoms with E-state index in [-0.39, 0.29) is 5.54 Å². The molecule has 0 heterocycles. The first kappa shape index (κ1) is 14.0. The van der Waals surface area contributed by atoms with Gasteiger partial charge in [0.1, 0.15) is 0 Å². The van der Waals surface area contributed by atoms with Crippen molar-refractivity contribution in [1.82, 2.24) is 5.32 Å². The van der Waals surface area contributed by atoms with E-state index in [1.807, 2.05) is 0 Å². The third kappa shape index (κ3) is 4.08. The highest BCUT2D eigenvalue weighted by Gasteiger charge is 2.43. The van der Waals surface area contributed by atoms with Crippen LogP contribution in [0.3, 0.4) is 0 Å². The highest BCUT2D eigenvalue weighted by Crippen LogP contribution is 2.50. The Hall–Kier alpha value is -0.0400. The van der Waals surface area contributed by atoms with Crippen LogP contribution in [0.4, 0.5) is 0 Å². The standard InChI is InChI=1S/C15H31N/c1-6-8-11-15(7-2,13-9-10-13)12-16-14(3,4)5/h13,16H,6-12H2,1-5H3. The van der Waals surface area contributed by atoms with Crippen molar-refractivity contribution in [2.24, 2.45) is 11.3 Å². The minimum atomic E-state index is 0.265. The van der Waals surface area contributed by atoms with Crippen molar-refractivity contribution in [2.45, 2.75) is 78.7 Å². The van der Waals surface area contributed by atoms with Crippen LogP contribution in [-0.4, -0.2) is 12.1 Å². The molecule has 0 amide bonds. The van der Waals surface area contributed by atoms with E-state index in [1.54, 1.807) is 0 Å². The van der Waals surface area contributed by atoms with Crippen LogP contribution in [0.1, 0.15) is 73.1 Å². The smallest absolute Gasteiger partial charge is 0.00967 e. The predicted molar refractivity (Wildman–Crippen MR) is 72.7 cm³/mol. The minimum absolute atomic E-state index is 0.265. The first-order chi connectivity index (χ1) is 7.43. The largest absolute Gasteiger partial charge is 0.312 e. The van der Waals surface area contributed by atoms with Crippen LogP contribution < -0.4 is 5.32 Å². The summed E-state index contributed by atoms with van der Waals surface area (Å²) in [5.41, 5.74) is 0.866. The summed E-state index contributed by atoms with van der Waals surface area (Å²) in [5, 5.41) is 3.74. The fraction of sp³-hybridized carbons (Fsp3) is 1.00. The SMILES string of the molecule is CCCCC(CC)(CNC(C)(C)C)C1CC1. The molecule has 0 aliphatic heterocycles. The average Bonchev–Trinajstić information content (AvgIpc) is 3.02. The molecule has 16 heavy (non-hydrogen) atoms. The summed E-state index contributed by atoms with van der Waals surface area (Å²) in [7, 11) is 0. The summed E-state index contributed by atoms with van der Waals surface area (Å²) >= 11 is 0. The van der Waals surface area contributed by atoms with E-state index in [0.29, 0.717) is 5.41 Å². The number of hydrogen-bond donors (Lipinski definition) is 1. The topological polar surface area (TPSA) is 12.0 Å². The van der Waals surface area contributed by atoms with E-state index in [0.717, 1.165) is 5.92 Å². The molecular formula is C15H31N. The molecule has 0 saturated heterocycles. The van der Waals surface area contributed by atoms with Gasteiger partial charge in [-0.25, -0.2) is 0 Å². The van der Waals surface area contributed by atoms with E-state index in [2.05, 4.69) is 39.9 Å². The summed E-state index contributed by atoms with van der Waals surface area (Å²) in [6.07, 6.45) is 8.46. The zero-order valence-corrected chi connectivity index (χ0v) is 12.0. The molecule has 1 unspecified atom stereocenters. The first-order valence-electron chi connectivity index (χ1n) is 7.18. The van der Waals surface area contributed by atoms with Gasteiger partial charge < -0.3 is 5.32 Å². The van der Waals surface area contributed by atoms with Crippen molar-refractivity contribution >= 4 is 0 Å². The fourth-order valence-electron chi connectivity index (χ4n) is 2.69. The third-order valence-corrected chi connectivity index (χ3v) is 4.15. The summed E-state index contributed by atoms with van der Waals surface area (Å²) in [6, 6.07) is 0. The molecule has 1 atom stereocenters. The van der Waals surface area contributed by atoms with Crippen LogP contribution in [-0.2, 0) is 0 Å². The van der Waals surface area contributed by atoms with Gasteiger partial charge in [-0.1, -0.05) is 26.7 Å². The zero-order chi connectivity index (χ0) is 12.2. The maximum Gasteiger partial charge on any atom is 0.00967 e. The molecule has 1 fully saturated rings. The molecule has 1 saturated carbocycles. The van der Waals surface area contributed by atoms with E-state index in [1.165, 1.54) is 45.1 Å². The van der Waals surface area contributed by atoms with Crippen molar-refractivity contribution in [2.75, 3.05) is 6.54 Å². The molecular weight excluding hydrogens is 194 g/mol. The van der Waals surface area contributed by atoms with E-state index >= 15 is 0 Å². The number of unbranched alkanes of at least 4 members (excludes halogenated alkanes) is 1. The van der Waals surface area contributed by atoms with E-state index < -0.39 is 0 Å². The maximum absolute atomic E-state index is 3.74. The lowest BCUT2D eigenvalue weighted by atomic mass is 9.75. The molecule has 0 aromatic heterocycles. The van der Waals surface area contributed by atoms with Crippen LogP contribution >= 0.6 is 0 Å². The van der Waals surface area contributed by atoms with Crippen molar-refractivity contribution in [1.29, 1.82) is 0 Å². The Labute approximate surface area is 102 Å². The second kappa shape index (κ2) is 5.53. The van der Waals surface area contributed by atoms with Gasteiger partial charge in [-0.2, -0.15) is 0 Å².